The molecular weight excluding hydrogens is 224 g/mol. The van der Waals surface area contributed by atoms with E-state index in [1.165, 1.54) is 19.4 Å². The van der Waals surface area contributed by atoms with Crippen molar-refractivity contribution < 1.29 is 19.7 Å². The number of carboxylic acid groups (broad SMARTS) is 1. The minimum atomic E-state index is -0.992. The van der Waals surface area contributed by atoms with Crippen molar-refractivity contribution in [3.8, 4) is 0 Å². The van der Waals surface area contributed by atoms with E-state index in [2.05, 4.69) is 4.84 Å². The van der Waals surface area contributed by atoms with E-state index < -0.39 is 5.97 Å². The molecule has 1 N–H and O–H groups in total. The summed E-state index contributed by atoms with van der Waals surface area (Å²) in [7, 11) is 2.99. The van der Waals surface area contributed by atoms with E-state index in [9.17, 15) is 9.70 Å². The zero-order valence-electron chi connectivity index (χ0n) is 9.38. The average Bonchev–Trinajstić information content (AvgIpc) is 2.65. The minimum Gasteiger partial charge on any atom is -0.478 e. The number of hydrogen-bond donors (Lipinski definition) is 1. The Morgan fingerprint density at radius 2 is 2.18 bits per heavy atom. The van der Waals surface area contributed by atoms with Crippen molar-refractivity contribution in [3.63, 3.8) is 0 Å². The van der Waals surface area contributed by atoms with Crippen LogP contribution >= 0.6 is 0 Å². The summed E-state index contributed by atoms with van der Waals surface area (Å²) in [5, 5.41) is 9.60. The molecular formula is C11H11N2O4+. The fourth-order valence-corrected chi connectivity index (χ4v) is 1.76. The monoisotopic (exact) mass is 235 g/mol. The first-order valence-electron chi connectivity index (χ1n) is 4.88. The third-order valence-electron chi connectivity index (χ3n) is 2.58. The lowest BCUT2D eigenvalue weighted by Crippen LogP contribution is -1.98. The molecule has 0 saturated carbocycles. The highest BCUT2D eigenvalue weighted by Crippen LogP contribution is 2.25. The molecule has 0 fully saturated rings. The summed E-state index contributed by atoms with van der Waals surface area (Å²) in [5.74, 6) is -0.992. The molecule has 17 heavy (non-hydrogen) atoms. The fraction of sp³-hybridized carbons (Fsp3) is 0.182. The summed E-state index contributed by atoms with van der Waals surface area (Å²) in [6.07, 6.45) is 1.51. The van der Waals surface area contributed by atoms with Crippen molar-refractivity contribution in [3.05, 3.63) is 34.9 Å². The summed E-state index contributed by atoms with van der Waals surface area (Å²) in [6.45, 7) is 0. The van der Waals surface area contributed by atoms with E-state index in [1.54, 1.807) is 23.7 Å². The Morgan fingerprint density at radius 1 is 1.47 bits per heavy atom. The van der Waals surface area contributed by atoms with Crippen LogP contribution in [-0.2, 0) is 11.9 Å². The molecule has 0 aliphatic heterocycles. The molecule has 0 unspecified atom stereocenters. The fourth-order valence-electron chi connectivity index (χ4n) is 1.76. The van der Waals surface area contributed by atoms with Gasteiger partial charge in [0.25, 0.3) is 4.92 Å². The van der Waals surface area contributed by atoms with Crippen molar-refractivity contribution in [2.75, 3.05) is 7.11 Å². The summed E-state index contributed by atoms with van der Waals surface area (Å²) < 4.78 is 1.66. The van der Waals surface area contributed by atoms with Gasteiger partial charge in [0.05, 0.1) is 16.0 Å². The van der Waals surface area contributed by atoms with Crippen molar-refractivity contribution in [2.24, 2.45) is 7.05 Å². The first-order chi connectivity index (χ1) is 8.04. The lowest BCUT2D eigenvalue weighted by atomic mass is 10.1. The van der Waals surface area contributed by atoms with Crippen molar-refractivity contribution in [1.29, 1.82) is 0 Å². The van der Waals surface area contributed by atoms with E-state index >= 15 is 0 Å². The summed E-state index contributed by atoms with van der Waals surface area (Å²) in [5.41, 5.74) is 1.19. The Hall–Kier alpha value is -2.37. The summed E-state index contributed by atoms with van der Waals surface area (Å²) in [6, 6.07) is 4.70. The van der Waals surface area contributed by atoms with Gasteiger partial charge in [0.2, 0.25) is 0 Å². The van der Waals surface area contributed by atoms with E-state index in [1.807, 2.05) is 0 Å². The molecule has 2 aromatic rings. The van der Waals surface area contributed by atoms with Crippen LogP contribution < -0.4 is 0 Å². The molecule has 0 saturated heterocycles. The van der Waals surface area contributed by atoms with E-state index in [0.717, 1.165) is 0 Å². The molecule has 1 aromatic heterocycles. The maximum atomic E-state index is 11.3. The zero-order valence-corrected chi connectivity index (χ0v) is 9.38. The van der Waals surface area contributed by atoms with Crippen molar-refractivity contribution in [1.82, 2.24) is 4.57 Å². The lowest BCUT2D eigenvalue weighted by Gasteiger charge is -1.95. The van der Waals surface area contributed by atoms with Gasteiger partial charge in [-0.15, -0.1) is 0 Å². The minimum absolute atomic E-state index is 0.212. The first-order valence-corrected chi connectivity index (χ1v) is 4.88. The van der Waals surface area contributed by atoms with Crippen molar-refractivity contribution >= 4 is 22.6 Å². The second-order valence-electron chi connectivity index (χ2n) is 3.60. The Labute approximate surface area is 96.6 Å². The van der Waals surface area contributed by atoms with Crippen LogP contribution in [0.1, 0.15) is 10.4 Å². The van der Waals surface area contributed by atoms with Crippen molar-refractivity contribution in [2.45, 2.75) is 0 Å². The van der Waals surface area contributed by atoms with Crippen LogP contribution in [0.5, 0.6) is 0 Å². The second-order valence-corrected chi connectivity index (χ2v) is 3.60. The van der Waals surface area contributed by atoms with Gasteiger partial charge in [-0.3, -0.25) is 0 Å². The largest absolute Gasteiger partial charge is 0.478 e. The summed E-state index contributed by atoms with van der Waals surface area (Å²) >= 11 is 0. The smallest absolute Gasteiger partial charge is 0.337 e. The van der Waals surface area contributed by atoms with E-state index in [4.69, 9.17) is 5.11 Å². The highest BCUT2D eigenvalue weighted by atomic mass is 16.8. The highest BCUT2D eigenvalue weighted by molar-refractivity contribution is 6.03. The third-order valence-corrected chi connectivity index (χ3v) is 2.58. The second kappa shape index (κ2) is 3.89. The molecule has 0 spiro atoms. The van der Waals surface area contributed by atoms with Crippen LogP contribution in [0, 0.1) is 4.91 Å². The van der Waals surface area contributed by atoms with Crippen LogP contribution in [0.4, 0.5) is 5.69 Å². The molecule has 0 bridgehead atoms. The number of nitrogens with zero attached hydrogens (tertiary/aromatic N) is 2. The van der Waals surface area contributed by atoms with Gasteiger partial charge >= 0.3 is 11.7 Å². The van der Waals surface area contributed by atoms with Gasteiger partial charge in [0.15, 0.2) is 7.11 Å². The van der Waals surface area contributed by atoms with E-state index in [-0.39, 0.29) is 5.56 Å². The number of benzene rings is 1. The van der Waals surface area contributed by atoms with Gasteiger partial charge < -0.3 is 9.67 Å². The normalized spacial score (nSPS) is 10.5. The number of carboxylic acids is 1. The van der Waals surface area contributed by atoms with Gasteiger partial charge in [0.1, 0.15) is 0 Å². The molecule has 0 radical (unpaired) electrons. The standard InChI is InChI=1S/C11H10N2O4/c1-12-6-9(11(14)15)8-4-3-7(5-10(8)12)13(16)17-2/h3-6H,1-2H3/p+1. The van der Waals surface area contributed by atoms with Gasteiger partial charge in [-0.2, -0.15) is 0 Å². The molecule has 88 valence electrons. The Kier molecular flexibility index (Phi) is 2.55. The van der Waals surface area contributed by atoms with Crippen LogP contribution in [0.25, 0.3) is 10.9 Å². The number of aromatic carboxylic acids is 1. The van der Waals surface area contributed by atoms with Gasteiger partial charge in [-0.05, 0) is 6.07 Å². The Balaban J connectivity index is 2.67. The van der Waals surface area contributed by atoms with Crippen LogP contribution in [0.3, 0.4) is 0 Å². The molecule has 0 amide bonds. The first kappa shape index (κ1) is 11.1. The SMILES string of the molecule is CO[N+](=O)c1ccc2c(C(=O)O)cn(C)c2c1. The van der Waals surface area contributed by atoms with Crippen LogP contribution in [0.15, 0.2) is 24.4 Å². The molecule has 6 heteroatoms. The maximum Gasteiger partial charge on any atom is 0.337 e. The quantitative estimate of drug-likeness (QED) is 0.824. The molecule has 6 nitrogen and oxygen atoms in total. The maximum absolute atomic E-state index is 11.3. The highest BCUT2D eigenvalue weighted by Gasteiger charge is 2.19. The number of hydrogen-bond acceptors (Lipinski definition) is 3. The lowest BCUT2D eigenvalue weighted by molar-refractivity contribution is -0.736. The molecule has 1 heterocycles. The topological polar surface area (TPSA) is 71.5 Å². The number of aromatic nitrogens is 1. The van der Waals surface area contributed by atoms with Crippen LogP contribution in [-0.4, -0.2) is 27.7 Å². The molecule has 2 rings (SSSR count). The number of fused-ring (bicyclic) bond motifs is 1. The molecule has 0 atom stereocenters. The average molecular weight is 235 g/mol. The molecule has 0 aliphatic carbocycles. The number of aryl methyl sites for hydroxylation is 1. The van der Waals surface area contributed by atoms with E-state index in [0.29, 0.717) is 21.5 Å². The van der Waals surface area contributed by atoms with Crippen LogP contribution in [0.2, 0.25) is 0 Å². The van der Waals surface area contributed by atoms with Gasteiger partial charge in [0, 0.05) is 30.8 Å². The molecule has 0 aliphatic rings. The third kappa shape index (κ3) is 1.73. The number of carbonyl (C=O) groups is 1. The Bertz CT molecular complexity index is 615. The summed E-state index contributed by atoms with van der Waals surface area (Å²) in [4.78, 5) is 27.2. The predicted octanol–water partition coefficient (Wildman–Crippen LogP) is 1.85. The predicted molar refractivity (Wildman–Crippen MR) is 60.2 cm³/mol. The van der Waals surface area contributed by atoms with Gasteiger partial charge in [-0.25, -0.2) is 9.63 Å². The number of rotatable bonds is 3. The zero-order chi connectivity index (χ0) is 12.6. The van der Waals surface area contributed by atoms with Gasteiger partial charge in [-0.1, -0.05) is 0 Å². The Morgan fingerprint density at radius 3 is 2.76 bits per heavy atom. The molecule has 1 aromatic carbocycles.